The van der Waals surface area contributed by atoms with E-state index in [1.165, 1.54) is 18.3 Å². The van der Waals surface area contributed by atoms with Crippen molar-refractivity contribution in [3.05, 3.63) is 35.5 Å². The van der Waals surface area contributed by atoms with Gasteiger partial charge in [-0.25, -0.2) is 13.2 Å². The van der Waals surface area contributed by atoms with Gasteiger partial charge in [-0.05, 0) is 31.5 Å². The number of hydrogen-bond acceptors (Lipinski definition) is 10. The van der Waals surface area contributed by atoms with E-state index in [0.29, 0.717) is 37.3 Å². The first-order valence-electron chi connectivity index (χ1n) is 13.6. The Labute approximate surface area is 237 Å². The van der Waals surface area contributed by atoms with Gasteiger partial charge in [0.25, 0.3) is 0 Å². The van der Waals surface area contributed by atoms with Gasteiger partial charge in [-0.15, -0.1) is 11.3 Å². The molecular formula is C28H27F3N8OS. The molecule has 3 aliphatic rings. The highest BCUT2D eigenvalue weighted by molar-refractivity contribution is 7.23. The normalized spacial score (nSPS) is 22.9. The van der Waals surface area contributed by atoms with E-state index in [1.807, 2.05) is 11.0 Å². The Morgan fingerprint density at radius 2 is 2.05 bits per heavy atom. The number of anilines is 2. The molecule has 0 saturated carbocycles. The Morgan fingerprint density at radius 3 is 2.85 bits per heavy atom. The number of piperazine rings is 1. The van der Waals surface area contributed by atoms with Crippen LogP contribution in [0.3, 0.4) is 0 Å². The van der Waals surface area contributed by atoms with Crippen molar-refractivity contribution in [2.24, 2.45) is 0 Å². The number of nitrogens with one attached hydrogen (secondary N) is 1. The lowest BCUT2D eigenvalue weighted by Gasteiger charge is -2.31. The number of nitrogens with two attached hydrogens (primary N) is 1. The first-order chi connectivity index (χ1) is 19.9. The smallest absolute Gasteiger partial charge is 0.319 e. The van der Waals surface area contributed by atoms with Gasteiger partial charge in [0.2, 0.25) is 0 Å². The number of halogens is 3. The second-order valence-corrected chi connectivity index (χ2v) is 11.9. The van der Waals surface area contributed by atoms with E-state index >= 15 is 4.39 Å². The largest absolute Gasteiger partial charge is 0.461 e. The number of hydrogen-bond donors (Lipinski definition) is 2. The SMILES string of the molecule is N#Cc1c(N)sc2c(F)ccc(-c3ncc4c(N5CCNCC5)nc(OC[C@@]56CCCN5C[C@H](F)C6)nc4c3F)c12. The first-order valence-corrected chi connectivity index (χ1v) is 14.4. The molecule has 2 atom stereocenters. The summed E-state index contributed by atoms with van der Waals surface area (Å²) < 4.78 is 51.8. The molecule has 0 spiro atoms. The van der Waals surface area contributed by atoms with Crippen molar-refractivity contribution in [2.45, 2.75) is 31.0 Å². The van der Waals surface area contributed by atoms with E-state index in [9.17, 15) is 14.0 Å². The number of alkyl halides is 1. The molecule has 1 aromatic carbocycles. The van der Waals surface area contributed by atoms with Gasteiger partial charge in [-0.2, -0.15) is 15.2 Å². The molecule has 13 heteroatoms. The van der Waals surface area contributed by atoms with E-state index in [2.05, 4.69) is 25.2 Å². The van der Waals surface area contributed by atoms with Crippen molar-refractivity contribution in [1.82, 2.24) is 25.2 Å². The molecule has 0 aliphatic carbocycles. The van der Waals surface area contributed by atoms with Gasteiger partial charge in [-0.1, -0.05) is 0 Å². The topological polar surface area (TPSA) is 116 Å². The van der Waals surface area contributed by atoms with Gasteiger partial charge < -0.3 is 20.7 Å². The zero-order valence-electron chi connectivity index (χ0n) is 22.1. The Hall–Kier alpha value is -3.73. The third-order valence-electron chi connectivity index (χ3n) is 8.48. The molecule has 6 heterocycles. The van der Waals surface area contributed by atoms with Gasteiger partial charge >= 0.3 is 6.01 Å². The minimum atomic E-state index is -0.907. The summed E-state index contributed by atoms with van der Waals surface area (Å²) in [5.74, 6) is -0.787. The van der Waals surface area contributed by atoms with Crippen molar-refractivity contribution in [1.29, 1.82) is 5.26 Å². The second-order valence-electron chi connectivity index (χ2n) is 10.9. The van der Waals surface area contributed by atoms with Gasteiger partial charge in [-0.3, -0.25) is 9.88 Å². The highest BCUT2D eigenvalue weighted by atomic mass is 32.1. The quantitative estimate of drug-likeness (QED) is 0.361. The number of aromatic nitrogens is 3. The highest BCUT2D eigenvalue weighted by Gasteiger charge is 2.49. The summed E-state index contributed by atoms with van der Waals surface area (Å²) in [7, 11) is 0. The van der Waals surface area contributed by atoms with Gasteiger partial charge in [0, 0.05) is 56.3 Å². The number of thiophene rings is 1. The fourth-order valence-electron chi connectivity index (χ4n) is 6.54. The van der Waals surface area contributed by atoms with Crippen LogP contribution in [-0.2, 0) is 0 Å². The number of nitriles is 1. The van der Waals surface area contributed by atoms with Crippen LogP contribution in [0.2, 0.25) is 0 Å². The predicted molar refractivity (Wildman–Crippen MR) is 151 cm³/mol. The van der Waals surface area contributed by atoms with E-state index in [-0.39, 0.29) is 50.0 Å². The minimum absolute atomic E-state index is 0.00304. The van der Waals surface area contributed by atoms with Crippen LogP contribution in [0, 0.1) is 23.0 Å². The molecule has 3 fully saturated rings. The molecule has 3 saturated heterocycles. The fraction of sp³-hybridized carbons (Fsp3) is 0.429. The molecule has 0 radical (unpaired) electrons. The number of ether oxygens (including phenoxy) is 1. The number of nitrogens with zero attached hydrogens (tertiary/aromatic N) is 6. The minimum Gasteiger partial charge on any atom is -0.461 e. The highest BCUT2D eigenvalue weighted by Crippen LogP contribution is 2.43. The van der Waals surface area contributed by atoms with Crippen LogP contribution in [0.25, 0.3) is 32.2 Å². The van der Waals surface area contributed by atoms with Crippen molar-refractivity contribution >= 4 is 43.1 Å². The zero-order valence-corrected chi connectivity index (χ0v) is 22.9. The van der Waals surface area contributed by atoms with Crippen LogP contribution < -0.4 is 20.7 Å². The number of pyridine rings is 1. The molecule has 0 bridgehead atoms. The lowest BCUT2D eigenvalue weighted by atomic mass is 9.95. The summed E-state index contributed by atoms with van der Waals surface area (Å²) in [6.07, 6.45) is 2.78. The van der Waals surface area contributed by atoms with E-state index < -0.39 is 23.3 Å². The van der Waals surface area contributed by atoms with Gasteiger partial charge in [0.05, 0.1) is 21.2 Å². The first kappa shape index (κ1) is 26.2. The molecule has 3 N–H and O–H groups in total. The van der Waals surface area contributed by atoms with Crippen molar-refractivity contribution in [3.63, 3.8) is 0 Å². The maximum absolute atomic E-state index is 16.5. The Bertz CT molecular complexity index is 1720. The summed E-state index contributed by atoms with van der Waals surface area (Å²) >= 11 is 0.939. The van der Waals surface area contributed by atoms with Crippen LogP contribution in [-0.4, -0.2) is 77.4 Å². The maximum atomic E-state index is 16.5. The summed E-state index contributed by atoms with van der Waals surface area (Å²) in [6, 6.07) is 4.64. The van der Waals surface area contributed by atoms with Crippen molar-refractivity contribution < 1.29 is 17.9 Å². The van der Waals surface area contributed by atoms with E-state index in [0.717, 1.165) is 43.8 Å². The van der Waals surface area contributed by atoms with Crippen LogP contribution >= 0.6 is 11.3 Å². The van der Waals surface area contributed by atoms with E-state index in [1.54, 1.807) is 0 Å². The average molecular weight is 581 g/mol. The monoisotopic (exact) mass is 580 g/mol. The molecule has 7 rings (SSSR count). The maximum Gasteiger partial charge on any atom is 0.319 e. The van der Waals surface area contributed by atoms with Gasteiger partial charge in [0.1, 0.15) is 46.7 Å². The van der Waals surface area contributed by atoms with Crippen LogP contribution in [0.1, 0.15) is 24.8 Å². The molecule has 4 aromatic rings. The molecule has 212 valence electrons. The Morgan fingerprint density at radius 1 is 1.22 bits per heavy atom. The van der Waals surface area contributed by atoms with Gasteiger partial charge in [0.15, 0.2) is 5.82 Å². The summed E-state index contributed by atoms with van der Waals surface area (Å²) in [4.78, 5) is 17.8. The van der Waals surface area contributed by atoms with Crippen LogP contribution in [0.5, 0.6) is 6.01 Å². The lowest BCUT2D eigenvalue weighted by molar-refractivity contribution is 0.107. The summed E-state index contributed by atoms with van der Waals surface area (Å²) in [5, 5.41) is 13.8. The third kappa shape index (κ3) is 4.24. The number of benzene rings is 1. The molecule has 41 heavy (non-hydrogen) atoms. The number of rotatable bonds is 5. The molecule has 0 unspecified atom stereocenters. The van der Waals surface area contributed by atoms with Crippen LogP contribution in [0.15, 0.2) is 18.3 Å². The summed E-state index contributed by atoms with van der Waals surface area (Å²) in [5.41, 5.74) is 5.84. The Balaban J connectivity index is 1.36. The molecule has 0 amide bonds. The summed E-state index contributed by atoms with van der Waals surface area (Å²) in [6.45, 7) is 4.18. The average Bonchev–Trinajstić information content (AvgIpc) is 3.62. The lowest BCUT2D eigenvalue weighted by Crippen LogP contribution is -2.44. The molecular weight excluding hydrogens is 553 g/mol. The second kappa shape index (κ2) is 9.97. The fourth-order valence-corrected chi connectivity index (χ4v) is 7.49. The molecule has 9 nitrogen and oxygen atoms in total. The number of fused-ring (bicyclic) bond motifs is 3. The van der Waals surface area contributed by atoms with E-state index in [4.69, 9.17) is 10.5 Å². The zero-order chi connectivity index (χ0) is 28.3. The third-order valence-corrected chi connectivity index (χ3v) is 9.50. The molecule has 3 aliphatic heterocycles. The molecule has 3 aromatic heterocycles. The van der Waals surface area contributed by atoms with Crippen molar-refractivity contribution in [3.8, 4) is 23.3 Å². The standard InChI is InChI=1S/C28H27F3N8OS/c29-15-10-28(4-1-7-39(28)13-15)14-40-27-36-23-18(26(37-27)38-8-5-34-6-9-38)12-35-22(21(23)31)16-2-3-19(30)24-20(16)17(11-32)25(33)41-24/h2-3,12,15,34H,1,4-10,13-14,33H2/t15-,28+/m1/s1. The van der Waals surface area contributed by atoms with Crippen molar-refractivity contribution in [2.75, 3.05) is 56.5 Å². The van der Waals surface area contributed by atoms with Crippen LogP contribution in [0.4, 0.5) is 24.0 Å². The Kier molecular flexibility index (Phi) is 6.37. The predicted octanol–water partition coefficient (Wildman–Crippen LogP) is 4.00. The number of nitrogen functional groups attached to an aromatic ring is 1.